The highest BCUT2D eigenvalue weighted by Gasteiger charge is 2.27. The van der Waals surface area contributed by atoms with Crippen LogP contribution in [0.15, 0.2) is 36.4 Å². The minimum absolute atomic E-state index is 0.0351. The van der Waals surface area contributed by atoms with Crippen LogP contribution in [0.4, 0.5) is 5.69 Å². The largest absolute Gasteiger partial charge is 0.481 e. The van der Waals surface area contributed by atoms with Gasteiger partial charge in [0.05, 0.1) is 6.54 Å². The van der Waals surface area contributed by atoms with E-state index < -0.39 is 6.10 Å². The molecule has 0 saturated carbocycles. The van der Waals surface area contributed by atoms with Gasteiger partial charge in [0.15, 0.2) is 6.10 Å². The summed E-state index contributed by atoms with van der Waals surface area (Å²) in [7, 11) is 0. The van der Waals surface area contributed by atoms with Crippen LogP contribution in [0.5, 0.6) is 5.75 Å². The Morgan fingerprint density at radius 1 is 1.03 bits per heavy atom. The first-order valence-corrected chi connectivity index (χ1v) is 10.9. The van der Waals surface area contributed by atoms with Crippen LogP contribution in [-0.4, -0.2) is 60.4 Å². The molecule has 0 unspecified atom stereocenters. The summed E-state index contributed by atoms with van der Waals surface area (Å²) in [5, 5.41) is 3.66. The van der Waals surface area contributed by atoms with E-state index in [-0.39, 0.29) is 11.8 Å². The van der Waals surface area contributed by atoms with Crippen molar-refractivity contribution in [3.05, 3.63) is 58.1 Å². The normalized spacial score (nSPS) is 15.5. The summed E-state index contributed by atoms with van der Waals surface area (Å²) in [5.41, 5.74) is 3.87. The third kappa shape index (κ3) is 5.99. The molecule has 7 heteroatoms. The molecule has 1 heterocycles. The Bertz CT molecular complexity index is 935. The lowest BCUT2D eigenvalue weighted by Crippen LogP contribution is -2.53. The molecule has 1 aliphatic rings. The number of aryl methyl sites for hydroxylation is 3. The summed E-state index contributed by atoms with van der Waals surface area (Å²) in [5.74, 6) is 0.577. The standard InChI is InChI=1S/C24H30ClN3O3/c1-16-6-5-7-17(2)23(16)26-22(29)15-27-10-12-28(13-11-27)24(30)19(4)31-21-9-8-20(25)14-18(21)3/h5-9,14,19H,10-13,15H2,1-4H3,(H,26,29)/t19-/m1/s1. The number of benzene rings is 2. The van der Waals surface area contributed by atoms with E-state index in [4.69, 9.17) is 16.3 Å². The molecule has 0 aliphatic carbocycles. The monoisotopic (exact) mass is 443 g/mol. The highest BCUT2D eigenvalue weighted by atomic mass is 35.5. The number of ether oxygens (including phenoxy) is 1. The van der Waals surface area contributed by atoms with Gasteiger partial charge in [0.25, 0.3) is 5.91 Å². The molecule has 1 fully saturated rings. The molecular formula is C24H30ClN3O3. The molecule has 2 aromatic carbocycles. The van der Waals surface area contributed by atoms with Crippen molar-refractivity contribution < 1.29 is 14.3 Å². The Hall–Kier alpha value is -2.57. The minimum Gasteiger partial charge on any atom is -0.481 e. The zero-order chi connectivity index (χ0) is 22.5. The lowest BCUT2D eigenvalue weighted by atomic mass is 10.1. The third-order valence-corrected chi connectivity index (χ3v) is 5.82. The van der Waals surface area contributed by atoms with E-state index in [1.165, 1.54) is 0 Å². The molecule has 0 radical (unpaired) electrons. The van der Waals surface area contributed by atoms with E-state index in [1.807, 2.05) is 45.0 Å². The second-order valence-electron chi connectivity index (χ2n) is 8.09. The van der Waals surface area contributed by atoms with E-state index in [9.17, 15) is 9.59 Å². The first-order valence-electron chi connectivity index (χ1n) is 10.5. The van der Waals surface area contributed by atoms with Gasteiger partial charge in [0.1, 0.15) is 5.75 Å². The van der Waals surface area contributed by atoms with Crippen LogP contribution in [0.2, 0.25) is 5.02 Å². The van der Waals surface area contributed by atoms with Crippen LogP contribution in [0, 0.1) is 20.8 Å². The van der Waals surface area contributed by atoms with Crippen molar-refractivity contribution in [3.8, 4) is 5.75 Å². The summed E-state index contributed by atoms with van der Waals surface area (Å²) in [6, 6.07) is 11.3. The number of nitrogens with one attached hydrogen (secondary N) is 1. The number of carbonyl (C=O) groups excluding carboxylic acids is 2. The highest BCUT2D eigenvalue weighted by Crippen LogP contribution is 2.23. The second kappa shape index (κ2) is 10.2. The number of rotatable bonds is 6. The van der Waals surface area contributed by atoms with Crippen LogP contribution in [0.25, 0.3) is 0 Å². The van der Waals surface area contributed by atoms with Gasteiger partial charge < -0.3 is 15.0 Å². The van der Waals surface area contributed by atoms with Gasteiger partial charge in [-0.2, -0.15) is 0 Å². The molecule has 0 spiro atoms. The van der Waals surface area contributed by atoms with Gasteiger partial charge in [0.2, 0.25) is 5.91 Å². The van der Waals surface area contributed by atoms with Crippen LogP contribution in [0.3, 0.4) is 0 Å². The SMILES string of the molecule is Cc1cc(Cl)ccc1O[C@H](C)C(=O)N1CCN(CC(=O)Nc2c(C)cccc2C)CC1. The smallest absolute Gasteiger partial charge is 0.263 e. The molecule has 1 N–H and O–H groups in total. The van der Waals surface area contributed by atoms with E-state index in [0.29, 0.717) is 43.5 Å². The predicted octanol–water partition coefficient (Wildman–Crippen LogP) is 3.82. The number of piperazine rings is 1. The van der Waals surface area contributed by atoms with Gasteiger partial charge in [0, 0.05) is 36.9 Å². The number of para-hydroxylation sites is 1. The lowest BCUT2D eigenvalue weighted by Gasteiger charge is -2.35. The van der Waals surface area contributed by atoms with Gasteiger partial charge in [-0.05, 0) is 62.6 Å². The Morgan fingerprint density at radius 3 is 2.29 bits per heavy atom. The quantitative estimate of drug-likeness (QED) is 0.737. The molecular weight excluding hydrogens is 414 g/mol. The van der Waals surface area contributed by atoms with Crippen LogP contribution >= 0.6 is 11.6 Å². The van der Waals surface area contributed by atoms with Crippen molar-refractivity contribution in [2.24, 2.45) is 0 Å². The summed E-state index contributed by atoms with van der Waals surface area (Å²) in [6.07, 6.45) is -0.584. The molecule has 0 aromatic heterocycles. The predicted molar refractivity (Wildman–Crippen MR) is 124 cm³/mol. The molecule has 1 atom stereocenters. The average molecular weight is 444 g/mol. The minimum atomic E-state index is -0.584. The van der Waals surface area contributed by atoms with E-state index in [1.54, 1.807) is 24.0 Å². The maximum atomic E-state index is 12.8. The number of carbonyl (C=O) groups is 2. The Balaban J connectivity index is 1.48. The van der Waals surface area contributed by atoms with E-state index in [2.05, 4.69) is 10.2 Å². The number of nitrogens with zero attached hydrogens (tertiary/aromatic N) is 2. The van der Waals surface area contributed by atoms with E-state index in [0.717, 1.165) is 22.4 Å². The fourth-order valence-electron chi connectivity index (χ4n) is 3.76. The fraction of sp³-hybridized carbons (Fsp3) is 0.417. The first-order chi connectivity index (χ1) is 14.7. The molecule has 0 bridgehead atoms. The summed E-state index contributed by atoms with van der Waals surface area (Å²) < 4.78 is 5.87. The molecule has 1 saturated heterocycles. The fourth-order valence-corrected chi connectivity index (χ4v) is 3.99. The molecule has 31 heavy (non-hydrogen) atoms. The van der Waals surface area contributed by atoms with Crippen molar-refractivity contribution in [1.82, 2.24) is 9.80 Å². The molecule has 2 aromatic rings. The van der Waals surface area contributed by atoms with Crippen molar-refractivity contribution in [2.45, 2.75) is 33.8 Å². The van der Waals surface area contributed by atoms with Crippen molar-refractivity contribution in [2.75, 3.05) is 38.0 Å². The van der Waals surface area contributed by atoms with E-state index >= 15 is 0 Å². The van der Waals surface area contributed by atoms with Gasteiger partial charge >= 0.3 is 0 Å². The third-order valence-electron chi connectivity index (χ3n) is 5.59. The number of hydrogen-bond acceptors (Lipinski definition) is 4. The zero-order valence-corrected chi connectivity index (χ0v) is 19.3. The Labute approximate surface area is 189 Å². The van der Waals surface area contributed by atoms with Gasteiger partial charge in [-0.1, -0.05) is 29.8 Å². The first kappa shape index (κ1) is 23.1. The molecule has 3 rings (SSSR count). The topological polar surface area (TPSA) is 61.9 Å². The number of halogens is 1. The molecule has 2 amide bonds. The number of anilines is 1. The number of amides is 2. The van der Waals surface area contributed by atoms with Gasteiger partial charge in [-0.25, -0.2) is 0 Å². The Kier molecular flexibility index (Phi) is 7.57. The maximum absolute atomic E-state index is 12.8. The second-order valence-corrected chi connectivity index (χ2v) is 8.52. The number of hydrogen-bond donors (Lipinski definition) is 1. The van der Waals surface area contributed by atoms with Crippen molar-refractivity contribution in [3.63, 3.8) is 0 Å². The van der Waals surface area contributed by atoms with Crippen molar-refractivity contribution in [1.29, 1.82) is 0 Å². The van der Waals surface area contributed by atoms with Crippen LogP contribution in [-0.2, 0) is 9.59 Å². The zero-order valence-electron chi connectivity index (χ0n) is 18.6. The molecule has 166 valence electrons. The summed E-state index contributed by atoms with van der Waals surface area (Å²) in [4.78, 5) is 29.2. The summed E-state index contributed by atoms with van der Waals surface area (Å²) in [6.45, 7) is 10.4. The molecule has 6 nitrogen and oxygen atoms in total. The highest BCUT2D eigenvalue weighted by molar-refractivity contribution is 6.30. The maximum Gasteiger partial charge on any atom is 0.263 e. The lowest BCUT2D eigenvalue weighted by molar-refractivity contribution is -0.139. The van der Waals surface area contributed by atoms with Crippen molar-refractivity contribution >= 4 is 29.1 Å². The molecule has 1 aliphatic heterocycles. The summed E-state index contributed by atoms with van der Waals surface area (Å²) >= 11 is 5.98. The average Bonchev–Trinajstić information content (AvgIpc) is 2.73. The van der Waals surface area contributed by atoms with Crippen LogP contribution in [0.1, 0.15) is 23.6 Å². The van der Waals surface area contributed by atoms with Crippen LogP contribution < -0.4 is 10.1 Å². The Morgan fingerprint density at radius 2 is 1.68 bits per heavy atom. The van der Waals surface area contributed by atoms with Gasteiger partial charge in [-0.3, -0.25) is 14.5 Å². The van der Waals surface area contributed by atoms with Gasteiger partial charge in [-0.15, -0.1) is 0 Å².